The summed E-state index contributed by atoms with van der Waals surface area (Å²) < 4.78 is 28.2. The fourth-order valence-corrected chi connectivity index (χ4v) is 5.61. The zero-order valence-electron chi connectivity index (χ0n) is 17.6. The topological polar surface area (TPSA) is 113 Å². The van der Waals surface area contributed by atoms with E-state index in [9.17, 15) is 18.0 Å². The van der Waals surface area contributed by atoms with E-state index in [1.165, 1.54) is 11.4 Å². The van der Waals surface area contributed by atoms with Crippen LogP contribution in [0.1, 0.15) is 35.9 Å². The Labute approximate surface area is 185 Å². The van der Waals surface area contributed by atoms with Crippen molar-refractivity contribution in [2.75, 3.05) is 13.6 Å². The van der Waals surface area contributed by atoms with Gasteiger partial charge in [0.1, 0.15) is 10.0 Å². The van der Waals surface area contributed by atoms with Crippen LogP contribution in [0.3, 0.4) is 0 Å². The van der Waals surface area contributed by atoms with Crippen LogP contribution in [0.2, 0.25) is 0 Å². The van der Waals surface area contributed by atoms with Crippen molar-refractivity contribution in [1.29, 1.82) is 0 Å². The summed E-state index contributed by atoms with van der Waals surface area (Å²) in [5.74, 6) is 0.0215. The lowest BCUT2D eigenvalue weighted by atomic mass is 10.2. The van der Waals surface area contributed by atoms with Gasteiger partial charge < -0.3 is 4.57 Å². The molecule has 2 N–H and O–H groups in total. The Kier molecular flexibility index (Phi) is 7.08. The van der Waals surface area contributed by atoms with Gasteiger partial charge in [-0.2, -0.15) is 0 Å². The van der Waals surface area contributed by atoms with Crippen molar-refractivity contribution in [2.24, 2.45) is 0 Å². The molecular weight excluding hydrogens is 438 g/mol. The number of aryl methyl sites for hydroxylation is 2. The molecule has 2 aromatic heterocycles. The number of fused-ring (bicyclic) bond motifs is 1. The molecule has 9 nitrogen and oxygen atoms in total. The van der Waals surface area contributed by atoms with Crippen molar-refractivity contribution in [3.05, 3.63) is 47.1 Å². The maximum Gasteiger partial charge on any atom is 0.269 e. The number of hydrogen-bond acceptors (Lipinski definition) is 6. The van der Waals surface area contributed by atoms with Crippen LogP contribution in [0, 0.1) is 6.92 Å². The molecular formula is C20H25N5O4S2. The van der Waals surface area contributed by atoms with Crippen molar-refractivity contribution >= 4 is 44.2 Å². The van der Waals surface area contributed by atoms with Gasteiger partial charge in [0.25, 0.3) is 15.9 Å². The Hall–Kier alpha value is -2.76. The largest absolute Gasteiger partial charge is 0.329 e. The fourth-order valence-electron chi connectivity index (χ4n) is 3.20. The molecule has 0 fully saturated rings. The predicted octanol–water partition coefficient (Wildman–Crippen LogP) is 2.29. The summed E-state index contributed by atoms with van der Waals surface area (Å²) in [6, 6.07) is 8.42. The summed E-state index contributed by atoms with van der Waals surface area (Å²) in [7, 11) is -2.06. The highest BCUT2D eigenvalue weighted by atomic mass is 32.2. The number of nitrogens with one attached hydrogen (secondary N) is 2. The standard InChI is InChI=1S/C20H25N5O4S2/c1-4-25-14(2)21-16-13-15(9-10-17(16)25)20(27)23-22-18(26)7-5-11-24(3)31(28,29)19-8-6-12-30-19/h6,8-10,12-13H,4-5,7,11H2,1-3H3,(H,22,26)(H,23,27). The molecule has 31 heavy (non-hydrogen) atoms. The SMILES string of the molecule is CCn1c(C)nc2cc(C(=O)NNC(=O)CCCN(C)S(=O)(=O)c3cccs3)ccc21. The van der Waals surface area contributed by atoms with Crippen LogP contribution in [0.5, 0.6) is 0 Å². The van der Waals surface area contributed by atoms with Gasteiger partial charge in [0, 0.05) is 32.1 Å². The first-order chi connectivity index (χ1) is 14.7. The molecule has 0 saturated carbocycles. The van der Waals surface area contributed by atoms with Gasteiger partial charge >= 0.3 is 0 Å². The number of hydrazine groups is 1. The normalized spacial score (nSPS) is 11.7. The first-order valence-corrected chi connectivity index (χ1v) is 12.1. The number of hydrogen-bond donors (Lipinski definition) is 2. The average Bonchev–Trinajstić information content (AvgIpc) is 3.38. The maximum absolute atomic E-state index is 12.4. The lowest BCUT2D eigenvalue weighted by molar-refractivity contribution is -0.122. The Morgan fingerprint density at radius 3 is 2.68 bits per heavy atom. The molecule has 2 heterocycles. The number of thiophene rings is 1. The van der Waals surface area contributed by atoms with Crippen LogP contribution < -0.4 is 10.9 Å². The molecule has 1 aromatic carbocycles. The Balaban J connectivity index is 1.48. The first-order valence-electron chi connectivity index (χ1n) is 9.80. The summed E-state index contributed by atoms with van der Waals surface area (Å²) in [5, 5.41) is 1.70. The lowest BCUT2D eigenvalue weighted by Gasteiger charge is -2.15. The van der Waals surface area contributed by atoms with E-state index >= 15 is 0 Å². The molecule has 2 amide bonds. The number of sulfonamides is 1. The van der Waals surface area contributed by atoms with E-state index in [4.69, 9.17) is 0 Å². The van der Waals surface area contributed by atoms with Gasteiger partial charge in [-0.3, -0.25) is 20.4 Å². The van der Waals surface area contributed by atoms with E-state index in [1.54, 1.807) is 29.6 Å². The van der Waals surface area contributed by atoms with E-state index in [-0.39, 0.29) is 17.2 Å². The van der Waals surface area contributed by atoms with Crippen molar-refractivity contribution < 1.29 is 18.0 Å². The third kappa shape index (κ3) is 5.12. The van der Waals surface area contributed by atoms with Gasteiger partial charge in [0.15, 0.2) is 0 Å². The Morgan fingerprint density at radius 2 is 2.00 bits per heavy atom. The second-order valence-corrected chi connectivity index (χ2v) is 10.2. The monoisotopic (exact) mass is 463 g/mol. The molecule has 0 radical (unpaired) electrons. The number of carbonyl (C=O) groups excluding carboxylic acids is 2. The average molecular weight is 464 g/mol. The van der Waals surface area contributed by atoms with Gasteiger partial charge in [-0.15, -0.1) is 11.3 Å². The van der Waals surface area contributed by atoms with Gasteiger partial charge in [-0.25, -0.2) is 17.7 Å². The minimum Gasteiger partial charge on any atom is -0.329 e. The van der Waals surface area contributed by atoms with Crippen LogP contribution in [0.4, 0.5) is 0 Å². The van der Waals surface area contributed by atoms with Crippen molar-refractivity contribution in [1.82, 2.24) is 24.7 Å². The van der Waals surface area contributed by atoms with Gasteiger partial charge in [-0.05, 0) is 49.9 Å². The molecule has 0 aliphatic rings. The third-order valence-electron chi connectivity index (χ3n) is 4.87. The third-order valence-corrected chi connectivity index (χ3v) is 8.10. The Morgan fingerprint density at radius 1 is 1.23 bits per heavy atom. The van der Waals surface area contributed by atoms with E-state index in [1.807, 2.05) is 19.9 Å². The first kappa shape index (κ1) is 22.9. The zero-order valence-corrected chi connectivity index (χ0v) is 19.2. The van der Waals surface area contributed by atoms with Crippen LogP contribution in [-0.4, -0.2) is 47.7 Å². The zero-order chi connectivity index (χ0) is 22.6. The molecule has 0 bridgehead atoms. The van der Waals surface area contributed by atoms with Gasteiger partial charge in [-0.1, -0.05) is 6.07 Å². The molecule has 11 heteroatoms. The molecule has 3 rings (SSSR count). The number of benzene rings is 1. The smallest absolute Gasteiger partial charge is 0.269 e. The number of nitrogens with zero attached hydrogens (tertiary/aromatic N) is 3. The number of aromatic nitrogens is 2. The number of amides is 2. The summed E-state index contributed by atoms with van der Waals surface area (Å²) >= 11 is 1.15. The number of carbonyl (C=O) groups is 2. The van der Waals surface area contributed by atoms with Crippen LogP contribution in [0.15, 0.2) is 39.9 Å². The molecule has 0 saturated heterocycles. The minimum atomic E-state index is -3.53. The predicted molar refractivity (Wildman–Crippen MR) is 119 cm³/mol. The van der Waals surface area contributed by atoms with Gasteiger partial charge in [0.05, 0.1) is 11.0 Å². The summed E-state index contributed by atoms with van der Waals surface area (Å²) in [5.41, 5.74) is 6.80. The summed E-state index contributed by atoms with van der Waals surface area (Å²) in [4.78, 5) is 28.8. The Bertz CT molecular complexity index is 1190. The molecule has 0 atom stereocenters. The second-order valence-electron chi connectivity index (χ2n) is 6.97. The van der Waals surface area contributed by atoms with Crippen molar-refractivity contribution in [2.45, 2.75) is 37.4 Å². The highest BCUT2D eigenvalue weighted by Gasteiger charge is 2.21. The van der Waals surface area contributed by atoms with E-state index in [0.717, 1.165) is 29.2 Å². The molecule has 0 aliphatic heterocycles. The molecule has 0 aliphatic carbocycles. The van der Waals surface area contributed by atoms with Crippen LogP contribution >= 0.6 is 11.3 Å². The van der Waals surface area contributed by atoms with Gasteiger partial charge in [0.2, 0.25) is 5.91 Å². The molecule has 0 unspecified atom stereocenters. The van der Waals surface area contributed by atoms with Crippen LogP contribution in [0.25, 0.3) is 11.0 Å². The summed E-state index contributed by atoms with van der Waals surface area (Å²) in [6.07, 6.45) is 0.395. The fraction of sp³-hybridized carbons (Fsp3) is 0.350. The maximum atomic E-state index is 12.4. The van der Waals surface area contributed by atoms with E-state index in [0.29, 0.717) is 17.5 Å². The van der Waals surface area contributed by atoms with E-state index in [2.05, 4.69) is 20.4 Å². The molecule has 0 spiro atoms. The van der Waals surface area contributed by atoms with Crippen LogP contribution in [-0.2, 0) is 21.4 Å². The number of imidazole rings is 1. The highest BCUT2D eigenvalue weighted by molar-refractivity contribution is 7.91. The number of rotatable bonds is 8. The second kappa shape index (κ2) is 9.58. The molecule has 3 aromatic rings. The summed E-state index contributed by atoms with van der Waals surface area (Å²) in [6.45, 7) is 4.91. The lowest BCUT2D eigenvalue weighted by Crippen LogP contribution is -2.41. The van der Waals surface area contributed by atoms with E-state index < -0.39 is 21.8 Å². The quantitative estimate of drug-likeness (QED) is 0.498. The highest BCUT2D eigenvalue weighted by Crippen LogP contribution is 2.20. The van der Waals surface area contributed by atoms with Crippen molar-refractivity contribution in [3.8, 4) is 0 Å². The minimum absolute atomic E-state index is 0.0731. The van der Waals surface area contributed by atoms with Crippen molar-refractivity contribution in [3.63, 3.8) is 0 Å². The molecule has 166 valence electrons.